The third kappa shape index (κ3) is 4.14. The molecule has 7 nitrogen and oxygen atoms in total. The molecule has 2 aromatic carbocycles. The van der Waals surface area contributed by atoms with Crippen LogP contribution in [0.4, 0.5) is 0 Å². The number of ether oxygens (including phenoxy) is 2. The lowest BCUT2D eigenvalue weighted by atomic mass is 10.1. The van der Waals surface area contributed by atoms with E-state index in [-0.39, 0.29) is 22.3 Å². The predicted molar refractivity (Wildman–Crippen MR) is 98.1 cm³/mol. The fourth-order valence-electron chi connectivity index (χ4n) is 2.52. The molecule has 0 saturated carbocycles. The van der Waals surface area contributed by atoms with Crippen molar-refractivity contribution in [1.29, 1.82) is 0 Å². The van der Waals surface area contributed by atoms with E-state index in [1.165, 1.54) is 32.4 Å². The lowest BCUT2D eigenvalue weighted by molar-refractivity contribution is 0.0939. The van der Waals surface area contributed by atoms with E-state index >= 15 is 0 Å². The summed E-state index contributed by atoms with van der Waals surface area (Å²) >= 11 is 0. The van der Waals surface area contributed by atoms with Crippen molar-refractivity contribution in [3.63, 3.8) is 0 Å². The molecule has 0 aromatic heterocycles. The number of methoxy groups -OCH3 is 2. The topological polar surface area (TPSA) is 93.7 Å². The average Bonchev–Trinajstić information content (AvgIpc) is 2.67. The van der Waals surface area contributed by atoms with Gasteiger partial charge in [0, 0.05) is 11.1 Å². The van der Waals surface area contributed by atoms with Crippen LogP contribution in [0.15, 0.2) is 47.4 Å². The Bertz CT molecular complexity index is 896. The van der Waals surface area contributed by atoms with Crippen molar-refractivity contribution in [2.24, 2.45) is 0 Å². The Kier molecular flexibility index (Phi) is 6.23. The zero-order valence-corrected chi connectivity index (χ0v) is 15.9. The summed E-state index contributed by atoms with van der Waals surface area (Å²) in [5.41, 5.74) is 1.03. The SMILES string of the molecule is CNS(=O)(=O)c1cc(C(=O)N[C@H](C)c2ccccc2OC)ccc1OC. The van der Waals surface area contributed by atoms with Gasteiger partial charge in [-0.2, -0.15) is 0 Å². The van der Waals surface area contributed by atoms with Crippen LogP contribution < -0.4 is 19.5 Å². The molecule has 1 atom stereocenters. The molecule has 2 aromatic rings. The number of carbonyl (C=O) groups is 1. The molecule has 1 amide bonds. The van der Waals surface area contributed by atoms with Crippen LogP contribution in [0.3, 0.4) is 0 Å². The highest BCUT2D eigenvalue weighted by Gasteiger charge is 2.21. The van der Waals surface area contributed by atoms with Gasteiger partial charge in [0.2, 0.25) is 10.0 Å². The normalized spacial score (nSPS) is 12.3. The Morgan fingerprint density at radius 2 is 1.69 bits per heavy atom. The molecule has 0 aliphatic heterocycles. The van der Waals surface area contributed by atoms with E-state index in [0.29, 0.717) is 5.75 Å². The van der Waals surface area contributed by atoms with Crippen molar-refractivity contribution in [2.75, 3.05) is 21.3 Å². The molecule has 0 spiro atoms. The van der Waals surface area contributed by atoms with Crippen molar-refractivity contribution in [3.05, 3.63) is 53.6 Å². The first-order chi connectivity index (χ1) is 12.3. The van der Waals surface area contributed by atoms with Gasteiger partial charge in [-0.05, 0) is 38.2 Å². The Morgan fingerprint density at radius 3 is 2.31 bits per heavy atom. The van der Waals surface area contributed by atoms with Crippen molar-refractivity contribution in [2.45, 2.75) is 17.9 Å². The molecule has 2 N–H and O–H groups in total. The number of rotatable bonds is 7. The van der Waals surface area contributed by atoms with Gasteiger partial charge < -0.3 is 14.8 Å². The Morgan fingerprint density at radius 1 is 1.04 bits per heavy atom. The number of benzene rings is 2. The molecule has 140 valence electrons. The van der Waals surface area contributed by atoms with E-state index in [4.69, 9.17) is 9.47 Å². The zero-order valence-electron chi connectivity index (χ0n) is 15.1. The number of hydrogen-bond donors (Lipinski definition) is 2. The fraction of sp³-hybridized carbons (Fsp3) is 0.278. The van der Waals surface area contributed by atoms with E-state index < -0.39 is 15.9 Å². The maximum atomic E-state index is 12.6. The number of para-hydroxylation sites is 1. The van der Waals surface area contributed by atoms with Gasteiger partial charge in [-0.3, -0.25) is 4.79 Å². The summed E-state index contributed by atoms with van der Waals surface area (Å²) in [6.45, 7) is 1.82. The maximum Gasteiger partial charge on any atom is 0.251 e. The molecule has 26 heavy (non-hydrogen) atoms. The third-order valence-electron chi connectivity index (χ3n) is 3.94. The number of sulfonamides is 1. The summed E-state index contributed by atoms with van der Waals surface area (Å²) in [6.07, 6.45) is 0. The summed E-state index contributed by atoms with van der Waals surface area (Å²) in [6, 6.07) is 11.3. The second-order valence-corrected chi connectivity index (χ2v) is 7.37. The summed E-state index contributed by atoms with van der Waals surface area (Å²) < 4.78 is 36.9. The van der Waals surface area contributed by atoms with E-state index in [0.717, 1.165) is 5.56 Å². The molecule has 0 heterocycles. The van der Waals surface area contributed by atoms with E-state index in [2.05, 4.69) is 10.0 Å². The highest BCUT2D eigenvalue weighted by Crippen LogP contribution is 2.27. The second kappa shape index (κ2) is 8.20. The van der Waals surface area contributed by atoms with Crippen molar-refractivity contribution >= 4 is 15.9 Å². The smallest absolute Gasteiger partial charge is 0.251 e. The predicted octanol–water partition coefficient (Wildman–Crippen LogP) is 2.10. The maximum absolute atomic E-state index is 12.6. The second-order valence-electron chi connectivity index (χ2n) is 5.51. The lowest BCUT2D eigenvalue weighted by Crippen LogP contribution is -2.27. The van der Waals surface area contributed by atoms with Crippen LogP contribution in [0.25, 0.3) is 0 Å². The molecule has 0 unspecified atom stereocenters. The number of nitrogens with one attached hydrogen (secondary N) is 2. The van der Waals surface area contributed by atoms with Gasteiger partial charge in [-0.25, -0.2) is 13.1 Å². The molecular weight excluding hydrogens is 356 g/mol. The van der Waals surface area contributed by atoms with Gasteiger partial charge in [0.05, 0.1) is 20.3 Å². The molecule has 2 rings (SSSR count). The molecule has 0 aliphatic rings. The van der Waals surface area contributed by atoms with Crippen molar-refractivity contribution in [1.82, 2.24) is 10.0 Å². The quantitative estimate of drug-likeness (QED) is 0.770. The number of carbonyl (C=O) groups excluding carboxylic acids is 1. The number of hydrogen-bond acceptors (Lipinski definition) is 5. The van der Waals surface area contributed by atoms with E-state index in [9.17, 15) is 13.2 Å². The average molecular weight is 378 g/mol. The molecule has 0 saturated heterocycles. The molecule has 8 heteroatoms. The van der Waals surface area contributed by atoms with Crippen LogP contribution >= 0.6 is 0 Å². The van der Waals surface area contributed by atoms with Crippen LogP contribution in [-0.4, -0.2) is 35.6 Å². The standard InChI is InChI=1S/C18H22N2O5S/c1-12(14-7-5-6-8-15(14)24-3)20-18(21)13-9-10-16(25-4)17(11-13)26(22,23)19-2/h5-12,19H,1-4H3,(H,20,21)/t12-/m1/s1. The molecule has 0 radical (unpaired) electrons. The first-order valence-electron chi connectivity index (χ1n) is 7.89. The van der Waals surface area contributed by atoms with E-state index in [1.54, 1.807) is 7.11 Å². The Labute approximate surface area is 153 Å². The Balaban J connectivity index is 2.31. The summed E-state index contributed by atoms with van der Waals surface area (Å²) in [5, 5.41) is 2.85. The summed E-state index contributed by atoms with van der Waals surface area (Å²) in [4.78, 5) is 12.5. The van der Waals surface area contributed by atoms with Crippen molar-refractivity contribution in [3.8, 4) is 11.5 Å². The van der Waals surface area contributed by atoms with Crippen LogP contribution in [0.5, 0.6) is 11.5 Å². The van der Waals surface area contributed by atoms with Gasteiger partial charge in [0.1, 0.15) is 16.4 Å². The summed E-state index contributed by atoms with van der Waals surface area (Å²) in [5.74, 6) is 0.417. The molecule has 0 fully saturated rings. The van der Waals surface area contributed by atoms with Gasteiger partial charge >= 0.3 is 0 Å². The van der Waals surface area contributed by atoms with Gasteiger partial charge in [0.15, 0.2) is 0 Å². The zero-order chi connectivity index (χ0) is 19.3. The lowest BCUT2D eigenvalue weighted by Gasteiger charge is -2.18. The van der Waals surface area contributed by atoms with Gasteiger partial charge in [-0.1, -0.05) is 18.2 Å². The minimum Gasteiger partial charge on any atom is -0.496 e. The third-order valence-corrected chi connectivity index (χ3v) is 5.37. The van der Waals surface area contributed by atoms with Crippen LogP contribution in [0, 0.1) is 0 Å². The van der Waals surface area contributed by atoms with Gasteiger partial charge in [0.25, 0.3) is 5.91 Å². The van der Waals surface area contributed by atoms with Crippen LogP contribution in [0.2, 0.25) is 0 Å². The highest BCUT2D eigenvalue weighted by molar-refractivity contribution is 7.89. The summed E-state index contributed by atoms with van der Waals surface area (Å²) in [7, 11) is 0.463. The molecular formula is C18H22N2O5S. The minimum atomic E-state index is -3.76. The first kappa shape index (κ1) is 19.7. The Hall–Kier alpha value is -2.58. The van der Waals surface area contributed by atoms with Crippen LogP contribution in [0.1, 0.15) is 28.9 Å². The number of amides is 1. The highest BCUT2D eigenvalue weighted by atomic mass is 32.2. The van der Waals surface area contributed by atoms with Crippen LogP contribution in [-0.2, 0) is 10.0 Å². The minimum absolute atomic E-state index is 0.0971. The first-order valence-corrected chi connectivity index (χ1v) is 9.37. The monoisotopic (exact) mass is 378 g/mol. The van der Waals surface area contributed by atoms with Crippen molar-refractivity contribution < 1.29 is 22.7 Å². The molecule has 0 aliphatic carbocycles. The molecule has 0 bridgehead atoms. The largest absolute Gasteiger partial charge is 0.496 e. The van der Waals surface area contributed by atoms with Gasteiger partial charge in [-0.15, -0.1) is 0 Å². The van der Waals surface area contributed by atoms with E-state index in [1.807, 2.05) is 31.2 Å². The fourth-order valence-corrected chi connectivity index (χ4v) is 3.44.